The average molecular weight is 202 g/mol. The molecule has 0 spiro atoms. The van der Waals surface area contributed by atoms with E-state index in [1.165, 1.54) is 0 Å². The summed E-state index contributed by atoms with van der Waals surface area (Å²) in [6, 6.07) is 9.69. The Bertz CT molecular complexity index is 433. The number of azo groups is 1. The van der Waals surface area contributed by atoms with Gasteiger partial charge in [0.2, 0.25) is 5.11 Å². The van der Waals surface area contributed by atoms with Crippen molar-refractivity contribution >= 4 is 29.5 Å². The zero-order chi connectivity index (χ0) is 9.80. The van der Waals surface area contributed by atoms with Crippen molar-refractivity contribution in [3.8, 4) is 0 Å². The number of benzene rings is 1. The van der Waals surface area contributed by atoms with Crippen LogP contribution in [0.2, 0.25) is 0 Å². The topological polar surface area (TPSA) is 49.4 Å². The number of thiocarbonyl (C=S) groups is 1. The van der Waals surface area contributed by atoms with Crippen molar-refractivity contribution in [2.75, 3.05) is 0 Å². The first-order valence-electron chi connectivity index (χ1n) is 3.98. The molecule has 0 saturated carbocycles. The van der Waals surface area contributed by atoms with Gasteiger partial charge in [0.25, 0.3) is 5.96 Å². The summed E-state index contributed by atoms with van der Waals surface area (Å²) in [7, 11) is 0. The lowest BCUT2D eigenvalue weighted by molar-refractivity contribution is 1.38. The fraction of sp³-hybridized carbons (Fsp3) is 0. The van der Waals surface area contributed by atoms with Crippen LogP contribution in [0.25, 0.3) is 0 Å². The van der Waals surface area contributed by atoms with E-state index in [1.807, 2.05) is 30.3 Å². The van der Waals surface area contributed by atoms with Crippen molar-refractivity contribution in [1.82, 2.24) is 0 Å². The van der Waals surface area contributed by atoms with Gasteiger partial charge in [0.1, 0.15) is 0 Å². The molecule has 0 amide bonds. The Morgan fingerprint density at radius 1 is 1.14 bits per heavy atom. The van der Waals surface area contributed by atoms with Crippen molar-refractivity contribution < 1.29 is 0 Å². The zero-order valence-electron chi connectivity index (χ0n) is 7.16. The highest BCUT2D eigenvalue weighted by molar-refractivity contribution is 7.80. The van der Waals surface area contributed by atoms with E-state index in [1.54, 1.807) is 6.21 Å². The van der Waals surface area contributed by atoms with Gasteiger partial charge in [-0.3, -0.25) is 0 Å². The van der Waals surface area contributed by atoms with Crippen LogP contribution in [0.3, 0.4) is 0 Å². The molecule has 0 radical (unpaired) electrons. The van der Waals surface area contributed by atoms with Gasteiger partial charge >= 0.3 is 0 Å². The fourth-order valence-electron chi connectivity index (χ4n) is 0.944. The maximum Gasteiger partial charge on any atom is 0.271 e. The molecule has 14 heavy (non-hydrogen) atoms. The molecule has 1 aliphatic rings. The first-order valence-corrected chi connectivity index (χ1v) is 4.39. The smallest absolute Gasteiger partial charge is 0.218 e. The van der Waals surface area contributed by atoms with Crippen molar-refractivity contribution in [3.05, 3.63) is 35.9 Å². The zero-order valence-corrected chi connectivity index (χ0v) is 7.98. The number of guanidine groups is 1. The summed E-state index contributed by atoms with van der Waals surface area (Å²) in [4.78, 5) is 7.84. The number of hydrogen-bond donors (Lipinski definition) is 0. The highest BCUT2D eigenvalue weighted by Gasteiger charge is 2.03. The summed E-state index contributed by atoms with van der Waals surface area (Å²) in [5.74, 6) is 0.304. The fourth-order valence-corrected chi connectivity index (χ4v) is 1.07. The molecule has 0 N–H and O–H groups in total. The average Bonchev–Trinajstić information content (AvgIpc) is 2.63. The van der Waals surface area contributed by atoms with Crippen LogP contribution in [-0.4, -0.2) is 17.3 Å². The Morgan fingerprint density at radius 3 is 2.57 bits per heavy atom. The van der Waals surface area contributed by atoms with Crippen LogP contribution < -0.4 is 0 Å². The van der Waals surface area contributed by atoms with Gasteiger partial charge in [-0.1, -0.05) is 30.3 Å². The quantitative estimate of drug-likeness (QED) is 0.508. The second-order valence-corrected chi connectivity index (χ2v) is 2.93. The normalized spacial score (nSPS) is 15.1. The van der Waals surface area contributed by atoms with E-state index in [2.05, 4.69) is 20.2 Å². The van der Waals surface area contributed by atoms with E-state index in [9.17, 15) is 0 Å². The number of aliphatic imine (C=N–C) groups is 2. The van der Waals surface area contributed by atoms with Crippen LogP contribution in [-0.2, 0) is 0 Å². The lowest BCUT2D eigenvalue weighted by atomic mass is 10.2. The van der Waals surface area contributed by atoms with Gasteiger partial charge in [-0.2, -0.15) is 4.99 Å². The summed E-state index contributed by atoms with van der Waals surface area (Å²) >= 11 is 4.71. The van der Waals surface area contributed by atoms with E-state index in [0.717, 1.165) is 5.56 Å². The van der Waals surface area contributed by atoms with Gasteiger partial charge in [0.15, 0.2) is 0 Å². The van der Waals surface area contributed by atoms with Gasteiger partial charge in [0.05, 0.1) is 0 Å². The first kappa shape index (κ1) is 8.83. The predicted octanol–water partition coefficient (Wildman–Crippen LogP) is 2.21. The molecule has 0 atom stereocenters. The maximum absolute atomic E-state index is 4.71. The van der Waals surface area contributed by atoms with E-state index >= 15 is 0 Å². The molecule has 1 aliphatic heterocycles. The van der Waals surface area contributed by atoms with Crippen molar-refractivity contribution in [1.29, 1.82) is 0 Å². The number of nitrogens with zero attached hydrogens (tertiary/aromatic N) is 4. The lowest BCUT2D eigenvalue weighted by Crippen LogP contribution is -1.87. The molecule has 0 saturated heterocycles. The van der Waals surface area contributed by atoms with Crippen molar-refractivity contribution in [3.63, 3.8) is 0 Å². The van der Waals surface area contributed by atoms with Gasteiger partial charge in [0, 0.05) is 6.21 Å². The summed E-state index contributed by atoms with van der Waals surface area (Å²) in [6.07, 6.45) is 1.67. The summed E-state index contributed by atoms with van der Waals surface area (Å²) < 4.78 is 0. The molecule has 1 aromatic rings. The van der Waals surface area contributed by atoms with Gasteiger partial charge in [-0.25, -0.2) is 4.99 Å². The largest absolute Gasteiger partial charge is 0.271 e. The molecule has 0 bridgehead atoms. The Hall–Kier alpha value is -1.75. The minimum absolute atomic E-state index is 0.227. The molecule has 4 nitrogen and oxygen atoms in total. The standard InChI is InChI=1S/C9H6N4S/c14-9-11-8(12-13-9)10-6-7-4-2-1-3-5-7/h1-6H. The Balaban J connectivity index is 2.12. The van der Waals surface area contributed by atoms with Gasteiger partial charge in [-0.05, 0) is 17.8 Å². The predicted molar refractivity (Wildman–Crippen MR) is 58.9 cm³/mol. The summed E-state index contributed by atoms with van der Waals surface area (Å²) in [6.45, 7) is 0. The van der Waals surface area contributed by atoms with Crippen LogP contribution in [0.4, 0.5) is 0 Å². The van der Waals surface area contributed by atoms with Crippen LogP contribution in [0.15, 0.2) is 50.5 Å². The third-order valence-electron chi connectivity index (χ3n) is 1.55. The Morgan fingerprint density at radius 2 is 1.93 bits per heavy atom. The van der Waals surface area contributed by atoms with Crippen molar-refractivity contribution in [2.24, 2.45) is 20.2 Å². The van der Waals surface area contributed by atoms with E-state index in [4.69, 9.17) is 12.2 Å². The Kier molecular flexibility index (Phi) is 2.51. The molecular weight excluding hydrogens is 196 g/mol. The van der Waals surface area contributed by atoms with Crippen LogP contribution in [0.1, 0.15) is 5.56 Å². The minimum atomic E-state index is 0.227. The maximum atomic E-state index is 4.71. The third-order valence-corrected chi connectivity index (χ3v) is 1.72. The summed E-state index contributed by atoms with van der Waals surface area (Å²) in [5, 5.41) is 7.46. The summed E-state index contributed by atoms with van der Waals surface area (Å²) in [5.41, 5.74) is 0.989. The molecule has 0 fully saturated rings. The Labute approximate surface area is 86.1 Å². The number of rotatable bonds is 1. The second kappa shape index (κ2) is 3.97. The highest BCUT2D eigenvalue weighted by Crippen LogP contribution is 2.01. The molecule has 2 rings (SSSR count). The van der Waals surface area contributed by atoms with E-state index in [-0.39, 0.29) is 5.11 Å². The molecule has 1 heterocycles. The molecule has 68 valence electrons. The second-order valence-electron chi connectivity index (χ2n) is 2.56. The van der Waals surface area contributed by atoms with Crippen molar-refractivity contribution in [2.45, 2.75) is 0 Å². The van der Waals surface area contributed by atoms with E-state index < -0.39 is 0 Å². The monoisotopic (exact) mass is 202 g/mol. The molecule has 0 aliphatic carbocycles. The molecular formula is C9H6N4S. The van der Waals surface area contributed by atoms with Gasteiger partial charge in [-0.15, -0.1) is 10.2 Å². The lowest BCUT2D eigenvalue weighted by Gasteiger charge is -1.88. The molecule has 0 aromatic heterocycles. The SMILES string of the molecule is S=C1N=NC(N=Cc2ccccc2)=N1. The van der Waals surface area contributed by atoms with E-state index in [0.29, 0.717) is 5.96 Å². The number of hydrogen-bond acceptors (Lipinski definition) is 3. The molecule has 5 heteroatoms. The van der Waals surface area contributed by atoms with Crippen LogP contribution >= 0.6 is 12.2 Å². The molecule has 0 unspecified atom stereocenters. The minimum Gasteiger partial charge on any atom is -0.218 e. The first-order chi connectivity index (χ1) is 6.84. The molecule has 1 aromatic carbocycles. The highest BCUT2D eigenvalue weighted by atomic mass is 32.1. The van der Waals surface area contributed by atoms with Gasteiger partial charge < -0.3 is 0 Å². The van der Waals surface area contributed by atoms with Crippen LogP contribution in [0, 0.1) is 0 Å². The van der Waals surface area contributed by atoms with Crippen LogP contribution in [0.5, 0.6) is 0 Å². The third kappa shape index (κ3) is 2.14.